The highest BCUT2D eigenvalue weighted by Crippen LogP contribution is 2.29. The van der Waals surface area contributed by atoms with Crippen molar-refractivity contribution in [3.05, 3.63) is 131 Å². The molecule has 0 fully saturated rings. The molecule has 0 aliphatic rings. The van der Waals surface area contributed by atoms with Crippen LogP contribution in [0.3, 0.4) is 0 Å². The summed E-state index contributed by atoms with van der Waals surface area (Å²) in [5.41, 5.74) is 1.88. The predicted octanol–water partition coefficient (Wildman–Crippen LogP) is 6.54. The lowest BCUT2D eigenvalue weighted by atomic mass is 10.0. The molecular weight excluding hydrogens is 613 g/mol. The van der Waals surface area contributed by atoms with Crippen molar-refractivity contribution in [3.63, 3.8) is 0 Å². The summed E-state index contributed by atoms with van der Waals surface area (Å²) in [6, 6.07) is 26.4. The van der Waals surface area contributed by atoms with Crippen molar-refractivity contribution in [2.24, 2.45) is 0 Å². The zero-order chi connectivity index (χ0) is 32.6. The van der Waals surface area contributed by atoms with Gasteiger partial charge in [0.15, 0.2) is 0 Å². The van der Waals surface area contributed by atoms with Crippen molar-refractivity contribution in [1.82, 2.24) is 10.2 Å². The minimum atomic E-state index is -4.27. The number of aryl methyl sites for hydroxylation is 1. The van der Waals surface area contributed by atoms with Gasteiger partial charge in [0.05, 0.1) is 10.6 Å². The smallest absolute Gasteiger partial charge is 0.264 e. The van der Waals surface area contributed by atoms with Gasteiger partial charge >= 0.3 is 0 Å². The second-order valence-electron chi connectivity index (χ2n) is 10.9. The Hall–Kier alpha value is -4.21. The lowest BCUT2D eigenvalue weighted by molar-refractivity contribution is -0.140. The number of nitrogens with one attached hydrogen (secondary N) is 1. The van der Waals surface area contributed by atoms with Crippen LogP contribution in [0.5, 0.6) is 0 Å². The summed E-state index contributed by atoms with van der Waals surface area (Å²) in [5, 5.41) is 3.29. The molecule has 0 saturated heterocycles. The van der Waals surface area contributed by atoms with Gasteiger partial charge < -0.3 is 10.2 Å². The number of halogens is 2. The Bertz CT molecular complexity index is 1720. The van der Waals surface area contributed by atoms with E-state index in [0.29, 0.717) is 11.4 Å². The molecule has 0 aliphatic heterocycles. The van der Waals surface area contributed by atoms with Crippen LogP contribution >= 0.6 is 11.6 Å². The van der Waals surface area contributed by atoms with Crippen LogP contribution in [0.1, 0.15) is 37.0 Å². The van der Waals surface area contributed by atoms with Gasteiger partial charge in [-0.05, 0) is 61.7 Å². The number of rotatable bonds is 13. The molecule has 2 amide bonds. The molecule has 1 N–H and O–H groups in total. The van der Waals surface area contributed by atoms with Gasteiger partial charge in [0.1, 0.15) is 18.4 Å². The van der Waals surface area contributed by atoms with Crippen LogP contribution in [0.2, 0.25) is 5.02 Å². The number of carbonyl (C=O) groups is 2. The second-order valence-corrected chi connectivity index (χ2v) is 13.2. The van der Waals surface area contributed by atoms with Crippen LogP contribution in [-0.4, -0.2) is 43.8 Å². The van der Waals surface area contributed by atoms with E-state index < -0.39 is 40.2 Å². The van der Waals surface area contributed by atoms with E-state index in [-0.39, 0.29) is 35.2 Å². The van der Waals surface area contributed by atoms with Crippen LogP contribution < -0.4 is 9.62 Å². The van der Waals surface area contributed by atoms with Gasteiger partial charge in [0.25, 0.3) is 10.0 Å². The van der Waals surface area contributed by atoms with Gasteiger partial charge in [-0.15, -0.1) is 0 Å². The van der Waals surface area contributed by atoms with Crippen molar-refractivity contribution >= 4 is 39.1 Å². The van der Waals surface area contributed by atoms with Crippen molar-refractivity contribution in [2.45, 2.75) is 57.1 Å². The number of amides is 2. The quantitative estimate of drug-likeness (QED) is 0.178. The van der Waals surface area contributed by atoms with E-state index in [1.807, 2.05) is 44.2 Å². The summed E-state index contributed by atoms with van der Waals surface area (Å²) >= 11 is 6.41. The molecule has 0 saturated carbocycles. The number of benzene rings is 4. The number of anilines is 1. The molecule has 0 aromatic heterocycles. The third-order valence-corrected chi connectivity index (χ3v) is 9.82. The van der Waals surface area contributed by atoms with E-state index in [1.165, 1.54) is 35.2 Å². The van der Waals surface area contributed by atoms with Crippen LogP contribution in [0.25, 0.3) is 0 Å². The van der Waals surface area contributed by atoms with Gasteiger partial charge in [-0.25, -0.2) is 12.8 Å². The number of nitrogens with zero attached hydrogens (tertiary/aromatic N) is 2. The van der Waals surface area contributed by atoms with Gasteiger partial charge in [-0.1, -0.05) is 91.3 Å². The Morgan fingerprint density at radius 1 is 0.911 bits per heavy atom. The van der Waals surface area contributed by atoms with E-state index in [9.17, 15) is 18.0 Å². The van der Waals surface area contributed by atoms with Crippen LogP contribution in [-0.2, 0) is 32.6 Å². The molecule has 4 rings (SSSR count). The molecule has 4 aromatic rings. The normalized spacial score (nSPS) is 12.6. The number of carbonyl (C=O) groups excluding carboxylic acids is 2. The first-order valence-electron chi connectivity index (χ1n) is 14.7. The molecule has 7 nitrogen and oxygen atoms in total. The summed E-state index contributed by atoms with van der Waals surface area (Å²) in [6.07, 6.45) is 0.785. The molecule has 0 unspecified atom stereocenters. The molecule has 0 aliphatic carbocycles. The molecule has 10 heteroatoms. The first kappa shape index (κ1) is 33.7. The van der Waals surface area contributed by atoms with Gasteiger partial charge in [-0.2, -0.15) is 0 Å². The summed E-state index contributed by atoms with van der Waals surface area (Å²) < 4.78 is 44.1. The summed E-state index contributed by atoms with van der Waals surface area (Å²) in [5.74, 6) is -1.65. The Labute approximate surface area is 269 Å². The first-order valence-corrected chi connectivity index (χ1v) is 16.5. The van der Waals surface area contributed by atoms with E-state index in [4.69, 9.17) is 11.6 Å². The van der Waals surface area contributed by atoms with E-state index in [2.05, 4.69) is 5.32 Å². The van der Waals surface area contributed by atoms with E-state index >= 15 is 4.39 Å². The largest absolute Gasteiger partial charge is 0.352 e. The number of hydrogen-bond donors (Lipinski definition) is 1. The molecule has 236 valence electrons. The summed E-state index contributed by atoms with van der Waals surface area (Å²) in [7, 11) is -4.27. The van der Waals surface area contributed by atoms with E-state index in [0.717, 1.165) is 15.4 Å². The van der Waals surface area contributed by atoms with Crippen LogP contribution in [0.4, 0.5) is 10.1 Å². The van der Waals surface area contributed by atoms with E-state index in [1.54, 1.807) is 49.4 Å². The van der Waals surface area contributed by atoms with Crippen molar-refractivity contribution in [3.8, 4) is 0 Å². The van der Waals surface area contributed by atoms with Gasteiger partial charge in [0.2, 0.25) is 11.8 Å². The lowest BCUT2D eigenvalue weighted by Gasteiger charge is -2.34. The number of hydrogen-bond acceptors (Lipinski definition) is 4. The standard InChI is InChI=1S/C35H37ClFN3O4S/c1-4-26(3)38-35(42)33(21-27-13-7-5-8-14-27)39(23-28-15-11-12-18-32(28)37)34(41)24-40(29-20-19-25(2)31(36)22-29)45(43,44)30-16-9-6-10-17-30/h5-20,22,26,33H,4,21,23-24H2,1-3H3,(H,38,42)/t26-,33+/m1/s1. The summed E-state index contributed by atoms with van der Waals surface area (Å²) in [4.78, 5) is 29.5. The fraction of sp³-hybridized carbons (Fsp3) is 0.257. The molecule has 45 heavy (non-hydrogen) atoms. The fourth-order valence-corrected chi connectivity index (χ4v) is 6.39. The lowest BCUT2D eigenvalue weighted by Crippen LogP contribution is -2.54. The summed E-state index contributed by atoms with van der Waals surface area (Å²) in [6.45, 7) is 4.65. The average molecular weight is 650 g/mol. The Balaban J connectivity index is 1.83. The maximum atomic E-state index is 15.0. The molecular formula is C35H37ClFN3O4S. The maximum absolute atomic E-state index is 15.0. The Morgan fingerprint density at radius 2 is 1.53 bits per heavy atom. The highest BCUT2D eigenvalue weighted by Gasteiger charge is 2.35. The Morgan fingerprint density at radius 3 is 2.16 bits per heavy atom. The topological polar surface area (TPSA) is 86.8 Å². The molecule has 0 heterocycles. The minimum absolute atomic E-state index is 0.0227. The SMILES string of the molecule is CC[C@@H](C)NC(=O)[C@H](Cc1ccccc1)N(Cc1ccccc1F)C(=O)CN(c1ccc(C)c(Cl)c1)S(=O)(=O)c1ccccc1. The molecule has 2 atom stereocenters. The fourth-order valence-electron chi connectivity index (χ4n) is 4.79. The first-order chi connectivity index (χ1) is 21.5. The predicted molar refractivity (Wildman–Crippen MR) is 176 cm³/mol. The third kappa shape index (κ3) is 8.49. The zero-order valence-corrected chi connectivity index (χ0v) is 27.1. The zero-order valence-electron chi connectivity index (χ0n) is 25.5. The van der Waals surface area contributed by atoms with Crippen molar-refractivity contribution < 1.29 is 22.4 Å². The molecule has 4 aromatic carbocycles. The highest BCUT2D eigenvalue weighted by atomic mass is 35.5. The molecule has 0 radical (unpaired) electrons. The Kier molecular flexibility index (Phi) is 11.4. The third-order valence-electron chi connectivity index (χ3n) is 7.62. The average Bonchev–Trinajstić information content (AvgIpc) is 3.04. The van der Waals surface area contributed by atoms with Gasteiger partial charge in [-0.3, -0.25) is 13.9 Å². The second kappa shape index (κ2) is 15.2. The van der Waals surface area contributed by atoms with Crippen molar-refractivity contribution in [1.29, 1.82) is 0 Å². The van der Waals surface area contributed by atoms with Crippen molar-refractivity contribution in [2.75, 3.05) is 10.8 Å². The van der Waals surface area contributed by atoms with Crippen LogP contribution in [0, 0.1) is 12.7 Å². The van der Waals surface area contributed by atoms with Crippen LogP contribution in [0.15, 0.2) is 108 Å². The minimum Gasteiger partial charge on any atom is -0.352 e. The number of sulfonamides is 1. The molecule has 0 bridgehead atoms. The monoisotopic (exact) mass is 649 g/mol. The molecule has 0 spiro atoms. The highest BCUT2D eigenvalue weighted by molar-refractivity contribution is 7.92. The van der Waals surface area contributed by atoms with Gasteiger partial charge in [0, 0.05) is 29.6 Å². The maximum Gasteiger partial charge on any atom is 0.264 e.